The van der Waals surface area contributed by atoms with Crippen molar-refractivity contribution in [2.75, 3.05) is 0 Å². The molecule has 0 aromatic rings. The molecule has 0 radical (unpaired) electrons. The Morgan fingerprint density at radius 1 is 1.50 bits per heavy atom. The quantitative estimate of drug-likeness (QED) is 0.423. The Hall–Kier alpha value is -0.0700. The maximum absolute atomic E-state index is 11.9. The second-order valence-corrected chi connectivity index (χ2v) is 2.07. The van der Waals surface area contributed by atoms with E-state index in [0.29, 0.717) is 5.92 Å². The average molecular weight is 88.1 g/mol. The minimum absolute atomic E-state index is 0.366. The summed E-state index contributed by atoms with van der Waals surface area (Å²) in [6.07, 6.45) is 1.44. The SMILES string of the molecule is C[C@H]1CC[C@H]1F. The molecular formula is C5H9F. The van der Waals surface area contributed by atoms with Crippen molar-refractivity contribution in [3.8, 4) is 0 Å². The molecule has 0 aromatic carbocycles. The summed E-state index contributed by atoms with van der Waals surface area (Å²) in [5, 5.41) is 0. The van der Waals surface area contributed by atoms with Gasteiger partial charge in [-0.1, -0.05) is 6.92 Å². The van der Waals surface area contributed by atoms with Crippen LogP contribution >= 0.6 is 0 Å². The summed E-state index contributed by atoms with van der Waals surface area (Å²) in [5.41, 5.74) is 0. The number of hydrogen-bond donors (Lipinski definition) is 0. The van der Waals surface area contributed by atoms with Gasteiger partial charge in [0, 0.05) is 0 Å². The first-order chi connectivity index (χ1) is 2.80. The maximum atomic E-state index is 11.9. The lowest BCUT2D eigenvalue weighted by Crippen LogP contribution is -2.23. The van der Waals surface area contributed by atoms with Crippen LogP contribution in [0.4, 0.5) is 4.39 Å². The molecule has 1 saturated carbocycles. The van der Waals surface area contributed by atoms with E-state index in [-0.39, 0.29) is 0 Å². The van der Waals surface area contributed by atoms with Gasteiger partial charge in [0.05, 0.1) is 0 Å². The van der Waals surface area contributed by atoms with Gasteiger partial charge in [-0.25, -0.2) is 4.39 Å². The molecule has 6 heavy (non-hydrogen) atoms. The van der Waals surface area contributed by atoms with Gasteiger partial charge in [-0.2, -0.15) is 0 Å². The number of hydrogen-bond acceptors (Lipinski definition) is 0. The Balaban J connectivity index is 2.20. The fraction of sp³-hybridized carbons (Fsp3) is 1.00. The molecule has 0 spiro atoms. The second-order valence-electron chi connectivity index (χ2n) is 2.07. The third-order valence-electron chi connectivity index (χ3n) is 1.52. The summed E-state index contributed by atoms with van der Waals surface area (Å²) in [6, 6.07) is 0. The van der Waals surface area contributed by atoms with E-state index in [1.165, 1.54) is 0 Å². The molecule has 1 fully saturated rings. The Bertz CT molecular complexity index is 43.9. The zero-order valence-electron chi connectivity index (χ0n) is 3.95. The molecule has 1 heteroatoms. The zero-order valence-corrected chi connectivity index (χ0v) is 3.95. The molecule has 0 amide bonds. The van der Waals surface area contributed by atoms with Crippen LogP contribution in [0.1, 0.15) is 19.8 Å². The number of rotatable bonds is 0. The predicted molar refractivity (Wildman–Crippen MR) is 23.3 cm³/mol. The molecule has 0 saturated heterocycles. The van der Waals surface area contributed by atoms with Gasteiger partial charge in [0.2, 0.25) is 0 Å². The Morgan fingerprint density at radius 3 is 2.00 bits per heavy atom. The minimum Gasteiger partial charge on any atom is -0.247 e. The van der Waals surface area contributed by atoms with Crippen molar-refractivity contribution in [1.82, 2.24) is 0 Å². The molecule has 1 rings (SSSR count). The van der Waals surface area contributed by atoms with Crippen LogP contribution in [0.3, 0.4) is 0 Å². The van der Waals surface area contributed by atoms with Crippen LogP contribution in [0.15, 0.2) is 0 Å². The van der Waals surface area contributed by atoms with Gasteiger partial charge in [-0.05, 0) is 18.8 Å². The molecule has 0 unspecified atom stereocenters. The molecule has 0 N–H and O–H groups in total. The molecule has 0 heterocycles. The summed E-state index contributed by atoms with van der Waals surface area (Å²) < 4.78 is 11.9. The van der Waals surface area contributed by atoms with E-state index in [1.807, 2.05) is 6.92 Å². The third kappa shape index (κ3) is 0.423. The molecule has 2 atom stereocenters. The molecule has 0 aromatic heterocycles. The Labute approximate surface area is 37.4 Å². The highest BCUT2D eigenvalue weighted by atomic mass is 19.1. The van der Waals surface area contributed by atoms with Crippen LogP contribution in [-0.4, -0.2) is 6.17 Å². The largest absolute Gasteiger partial charge is 0.247 e. The highest BCUT2D eigenvalue weighted by molar-refractivity contribution is 4.75. The summed E-state index contributed by atoms with van der Waals surface area (Å²) in [5.74, 6) is 0.366. The van der Waals surface area contributed by atoms with Crippen LogP contribution in [0.5, 0.6) is 0 Å². The zero-order chi connectivity index (χ0) is 4.57. The number of halogens is 1. The van der Waals surface area contributed by atoms with E-state index in [4.69, 9.17) is 0 Å². The summed E-state index contributed by atoms with van der Waals surface area (Å²) in [6.45, 7) is 1.95. The monoisotopic (exact) mass is 88.1 g/mol. The average Bonchev–Trinajstić information content (AvgIpc) is 1.61. The molecule has 0 aliphatic heterocycles. The minimum atomic E-state index is -0.468. The fourth-order valence-corrected chi connectivity index (χ4v) is 0.626. The van der Waals surface area contributed by atoms with Crippen molar-refractivity contribution < 1.29 is 4.39 Å². The van der Waals surface area contributed by atoms with Crippen molar-refractivity contribution in [3.05, 3.63) is 0 Å². The van der Waals surface area contributed by atoms with Crippen molar-refractivity contribution in [2.45, 2.75) is 25.9 Å². The van der Waals surface area contributed by atoms with Gasteiger partial charge in [0.1, 0.15) is 6.17 Å². The van der Waals surface area contributed by atoms with Crippen LogP contribution in [0.2, 0.25) is 0 Å². The predicted octanol–water partition coefficient (Wildman–Crippen LogP) is 1.75. The van der Waals surface area contributed by atoms with Crippen LogP contribution in [0, 0.1) is 5.92 Å². The lowest BCUT2D eigenvalue weighted by atomic mass is 9.85. The van der Waals surface area contributed by atoms with Gasteiger partial charge >= 0.3 is 0 Å². The Kier molecular flexibility index (Phi) is 0.827. The van der Waals surface area contributed by atoms with Crippen LogP contribution < -0.4 is 0 Å². The van der Waals surface area contributed by atoms with Gasteiger partial charge in [0.25, 0.3) is 0 Å². The molecule has 0 bridgehead atoms. The van der Waals surface area contributed by atoms with E-state index in [2.05, 4.69) is 0 Å². The van der Waals surface area contributed by atoms with Crippen LogP contribution in [-0.2, 0) is 0 Å². The topological polar surface area (TPSA) is 0 Å². The van der Waals surface area contributed by atoms with E-state index in [1.54, 1.807) is 0 Å². The van der Waals surface area contributed by atoms with E-state index in [9.17, 15) is 4.39 Å². The maximum Gasteiger partial charge on any atom is 0.103 e. The lowest BCUT2D eigenvalue weighted by molar-refractivity contribution is 0.128. The normalized spacial score (nSPS) is 45.0. The fourth-order valence-electron chi connectivity index (χ4n) is 0.626. The Morgan fingerprint density at radius 2 is 2.00 bits per heavy atom. The molecule has 0 nitrogen and oxygen atoms in total. The number of alkyl halides is 1. The van der Waals surface area contributed by atoms with Crippen molar-refractivity contribution in [2.24, 2.45) is 5.92 Å². The first kappa shape index (κ1) is 4.10. The van der Waals surface area contributed by atoms with Gasteiger partial charge in [-0.15, -0.1) is 0 Å². The van der Waals surface area contributed by atoms with E-state index in [0.717, 1.165) is 12.8 Å². The van der Waals surface area contributed by atoms with Gasteiger partial charge < -0.3 is 0 Å². The highest BCUT2D eigenvalue weighted by Crippen LogP contribution is 2.28. The summed E-state index contributed by atoms with van der Waals surface area (Å²) >= 11 is 0. The van der Waals surface area contributed by atoms with E-state index >= 15 is 0 Å². The molecule has 36 valence electrons. The summed E-state index contributed by atoms with van der Waals surface area (Å²) in [7, 11) is 0. The second kappa shape index (κ2) is 1.21. The lowest BCUT2D eigenvalue weighted by Gasteiger charge is -2.25. The summed E-state index contributed by atoms with van der Waals surface area (Å²) in [4.78, 5) is 0. The first-order valence-corrected chi connectivity index (χ1v) is 2.45. The standard InChI is InChI=1S/C5H9F/c1-4-2-3-5(4)6/h4-5H,2-3H2,1H3/t4-,5+/m0/s1. The molecular weight excluding hydrogens is 79.1 g/mol. The van der Waals surface area contributed by atoms with Crippen LogP contribution in [0.25, 0.3) is 0 Å². The first-order valence-electron chi connectivity index (χ1n) is 2.45. The van der Waals surface area contributed by atoms with Crippen molar-refractivity contribution in [3.63, 3.8) is 0 Å². The van der Waals surface area contributed by atoms with Crippen molar-refractivity contribution >= 4 is 0 Å². The smallest absolute Gasteiger partial charge is 0.103 e. The molecule has 1 aliphatic carbocycles. The van der Waals surface area contributed by atoms with Crippen molar-refractivity contribution in [1.29, 1.82) is 0 Å². The van der Waals surface area contributed by atoms with E-state index < -0.39 is 6.17 Å². The third-order valence-corrected chi connectivity index (χ3v) is 1.52. The van der Waals surface area contributed by atoms with Gasteiger partial charge in [0.15, 0.2) is 0 Å². The molecule has 1 aliphatic rings. The van der Waals surface area contributed by atoms with Gasteiger partial charge in [-0.3, -0.25) is 0 Å². The highest BCUT2D eigenvalue weighted by Gasteiger charge is 2.25.